The molecular weight excluding hydrogens is 390 g/mol. The van der Waals surface area contributed by atoms with E-state index in [9.17, 15) is 9.59 Å². The average Bonchev–Trinajstić information content (AvgIpc) is 2.80. The molecule has 4 rings (SSSR count). The van der Waals surface area contributed by atoms with Crippen molar-refractivity contribution in [3.63, 3.8) is 0 Å². The smallest absolute Gasteiger partial charge is 0.273 e. The first kappa shape index (κ1) is 20.9. The summed E-state index contributed by atoms with van der Waals surface area (Å²) in [6.45, 7) is 6.03. The molecule has 31 heavy (non-hydrogen) atoms. The number of aromatic amines is 1. The number of carbonyl (C=O) groups is 1. The number of carbonyl (C=O) groups excluding carboxylic acids is 1. The van der Waals surface area contributed by atoms with Gasteiger partial charge in [-0.3, -0.25) is 14.5 Å². The standard InChI is InChI=1S/C24H27N5O2/c1-18-7-9-20(10-8-18)23-25-24(31)21(26-27-23)11-12-22(30)29-15-13-28(14-16-29)17-19-5-3-2-4-6-19/h2-10H,11-17H2,1H3,(H,25,27,31). The van der Waals surface area contributed by atoms with Gasteiger partial charge in [0.1, 0.15) is 5.69 Å². The van der Waals surface area contributed by atoms with Gasteiger partial charge in [0.15, 0.2) is 5.82 Å². The largest absolute Gasteiger partial charge is 0.340 e. The van der Waals surface area contributed by atoms with Gasteiger partial charge >= 0.3 is 0 Å². The molecule has 0 atom stereocenters. The lowest BCUT2D eigenvalue weighted by molar-refractivity contribution is -0.133. The van der Waals surface area contributed by atoms with Crippen LogP contribution in [0.1, 0.15) is 23.2 Å². The van der Waals surface area contributed by atoms with E-state index in [4.69, 9.17) is 0 Å². The number of hydrogen-bond donors (Lipinski definition) is 1. The quantitative estimate of drug-likeness (QED) is 0.666. The monoisotopic (exact) mass is 417 g/mol. The molecular formula is C24H27N5O2. The first-order chi connectivity index (χ1) is 15.1. The van der Waals surface area contributed by atoms with Crippen LogP contribution in [0.25, 0.3) is 11.4 Å². The van der Waals surface area contributed by atoms with E-state index in [0.717, 1.165) is 30.8 Å². The second-order valence-electron chi connectivity index (χ2n) is 7.96. The van der Waals surface area contributed by atoms with E-state index >= 15 is 0 Å². The Hall–Kier alpha value is -3.32. The third-order valence-corrected chi connectivity index (χ3v) is 5.64. The fourth-order valence-corrected chi connectivity index (χ4v) is 3.75. The lowest BCUT2D eigenvalue weighted by atomic mass is 10.1. The molecule has 1 N–H and O–H groups in total. The van der Waals surface area contributed by atoms with Gasteiger partial charge in [-0.2, -0.15) is 0 Å². The van der Waals surface area contributed by atoms with Gasteiger partial charge in [0.2, 0.25) is 5.91 Å². The van der Waals surface area contributed by atoms with Crippen molar-refractivity contribution in [2.24, 2.45) is 0 Å². The Morgan fingerprint density at radius 2 is 1.68 bits per heavy atom. The van der Waals surface area contributed by atoms with Gasteiger partial charge in [0, 0.05) is 51.1 Å². The summed E-state index contributed by atoms with van der Waals surface area (Å²) in [5.41, 5.74) is 3.24. The maximum atomic E-state index is 12.6. The summed E-state index contributed by atoms with van der Waals surface area (Å²) >= 11 is 0. The molecule has 1 saturated heterocycles. The van der Waals surface area contributed by atoms with E-state index in [-0.39, 0.29) is 17.9 Å². The number of hydrogen-bond acceptors (Lipinski definition) is 5. The first-order valence-electron chi connectivity index (χ1n) is 10.7. The molecule has 1 aliphatic heterocycles. The molecule has 0 aliphatic carbocycles. The van der Waals surface area contributed by atoms with E-state index in [1.54, 1.807) is 0 Å². The predicted molar refractivity (Wildman–Crippen MR) is 119 cm³/mol. The summed E-state index contributed by atoms with van der Waals surface area (Å²) in [5.74, 6) is 0.498. The number of aromatic nitrogens is 3. The maximum Gasteiger partial charge on any atom is 0.273 e. The highest BCUT2D eigenvalue weighted by molar-refractivity contribution is 5.76. The average molecular weight is 418 g/mol. The van der Waals surface area contributed by atoms with Crippen LogP contribution >= 0.6 is 0 Å². The molecule has 160 valence electrons. The Labute approximate surface area is 181 Å². The number of aryl methyl sites for hydroxylation is 2. The molecule has 0 spiro atoms. The minimum atomic E-state index is -0.286. The summed E-state index contributed by atoms with van der Waals surface area (Å²) in [7, 11) is 0. The van der Waals surface area contributed by atoms with Crippen LogP contribution in [0.3, 0.4) is 0 Å². The van der Waals surface area contributed by atoms with Crippen molar-refractivity contribution in [3.8, 4) is 11.4 Å². The van der Waals surface area contributed by atoms with Crippen LogP contribution < -0.4 is 5.56 Å². The van der Waals surface area contributed by atoms with E-state index in [1.165, 1.54) is 5.56 Å². The Bertz CT molecular complexity index is 1070. The molecule has 7 nitrogen and oxygen atoms in total. The van der Waals surface area contributed by atoms with Crippen molar-refractivity contribution in [2.45, 2.75) is 26.3 Å². The van der Waals surface area contributed by atoms with Crippen LogP contribution in [0.4, 0.5) is 0 Å². The van der Waals surface area contributed by atoms with Gasteiger partial charge in [0.05, 0.1) is 0 Å². The van der Waals surface area contributed by atoms with E-state index in [2.05, 4.69) is 32.2 Å². The van der Waals surface area contributed by atoms with Gasteiger partial charge in [-0.1, -0.05) is 60.2 Å². The van der Waals surface area contributed by atoms with Crippen LogP contribution in [0.2, 0.25) is 0 Å². The molecule has 3 aromatic rings. The minimum Gasteiger partial charge on any atom is -0.340 e. The van der Waals surface area contributed by atoms with Crippen LogP contribution in [0.5, 0.6) is 0 Å². The zero-order valence-corrected chi connectivity index (χ0v) is 17.8. The Kier molecular flexibility index (Phi) is 6.52. The first-order valence-corrected chi connectivity index (χ1v) is 10.7. The number of H-pyrrole nitrogens is 1. The maximum absolute atomic E-state index is 12.6. The summed E-state index contributed by atoms with van der Waals surface area (Å²) in [5, 5.41) is 8.22. The third-order valence-electron chi connectivity index (χ3n) is 5.64. The molecule has 0 unspecified atom stereocenters. The highest BCUT2D eigenvalue weighted by Crippen LogP contribution is 2.14. The minimum absolute atomic E-state index is 0.0585. The number of amides is 1. The Balaban J connectivity index is 1.28. The number of piperazine rings is 1. The predicted octanol–water partition coefficient (Wildman–Crippen LogP) is 2.42. The number of rotatable bonds is 6. The number of benzene rings is 2. The topological polar surface area (TPSA) is 82.2 Å². The lowest BCUT2D eigenvalue weighted by Crippen LogP contribution is -2.48. The van der Waals surface area contributed by atoms with Gasteiger partial charge in [-0.05, 0) is 12.5 Å². The number of nitrogens with one attached hydrogen (secondary N) is 1. The van der Waals surface area contributed by atoms with Crippen molar-refractivity contribution in [3.05, 3.63) is 81.8 Å². The lowest BCUT2D eigenvalue weighted by Gasteiger charge is -2.34. The number of nitrogens with zero attached hydrogens (tertiary/aromatic N) is 4. The summed E-state index contributed by atoms with van der Waals surface area (Å²) < 4.78 is 0. The fourth-order valence-electron chi connectivity index (χ4n) is 3.75. The van der Waals surface area contributed by atoms with Crippen molar-refractivity contribution < 1.29 is 4.79 Å². The summed E-state index contributed by atoms with van der Waals surface area (Å²) in [6.07, 6.45) is 0.555. The van der Waals surface area contributed by atoms with Crippen molar-refractivity contribution in [1.29, 1.82) is 0 Å². The zero-order chi connectivity index (χ0) is 21.6. The molecule has 1 amide bonds. The SMILES string of the molecule is Cc1ccc(-c2nnc(CCC(=O)N3CCN(Cc4ccccc4)CC3)c(=O)[nH]2)cc1. The molecule has 1 aromatic heterocycles. The summed E-state index contributed by atoms with van der Waals surface area (Å²) in [4.78, 5) is 32.0. The van der Waals surface area contributed by atoms with E-state index in [0.29, 0.717) is 31.0 Å². The molecule has 7 heteroatoms. The van der Waals surface area contributed by atoms with Gasteiger partial charge in [-0.15, -0.1) is 10.2 Å². The highest BCUT2D eigenvalue weighted by Gasteiger charge is 2.21. The Morgan fingerprint density at radius 3 is 2.35 bits per heavy atom. The van der Waals surface area contributed by atoms with E-state index in [1.807, 2.05) is 54.3 Å². The second-order valence-corrected chi connectivity index (χ2v) is 7.96. The molecule has 0 saturated carbocycles. The fraction of sp³-hybridized carbons (Fsp3) is 0.333. The van der Waals surface area contributed by atoms with Crippen LogP contribution in [0.15, 0.2) is 59.4 Å². The zero-order valence-electron chi connectivity index (χ0n) is 17.8. The third kappa shape index (κ3) is 5.44. The molecule has 0 radical (unpaired) electrons. The van der Waals surface area contributed by atoms with Crippen molar-refractivity contribution in [1.82, 2.24) is 25.0 Å². The van der Waals surface area contributed by atoms with Gasteiger partial charge < -0.3 is 9.88 Å². The van der Waals surface area contributed by atoms with Crippen molar-refractivity contribution in [2.75, 3.05) is 26.2 Å². The molecule has 1 aliphatic rings. The second kappa shape index (κ2) is 9.66. The molecule has 1 fully saturated rings. The summed E-state index contributed by atoms with van der Waals surface area (Å²) in [6, 6.07) is 18.1. The van der Waals surface area contributed by atoms with Crippen molar-refractivity contribution >= 4 is 5.91 Å². The molecule has 0 bridgehead atoms. The van der Waals surface area contributed by atoms with E-state index < -0.39 is 0 Å². The normalized spacial score (nSPS) is 14.5. The van der Waals surface area contributed by atoms with Gasteiger partial charge in [-0.25, -0.2) is 0 Å². The highest BCUT2D eigenvalue weighted by atomic mass is 16.2. The Morgan fingerprint density at radius 1 is 0.968 bits per heavy atom. The van der Waals surface area contributed by atoms with Crippen LogP contribution in [0, 0.1) is 6.92 Å². The van der Waals surface area contributed by atoms with Crippen LogP contribution in [-0.4, -0.2) is 57.1 Å². The van der Waals surface area contributed by atoms with Crippen LogP contribution in [-0.2, 0) is 17.8 Å². The molecule has 2 heterocycles. The molecule has 2 aromatic carbocycles. The van der Waals surface area contributed by atoms with Gasteiger partial charge in [0.25, 0.3) is 5.56 Å².